The van der Waals surface area contributed by atoms with Crippen LogP contribution in [0.15, 0.2) is 18.2 Å². The van der Waals surface area contributed by atoms with Crippen LogP contribution < -0.4 is 10.5 Å². The highest BCUT2D eigenvalue weighted by molar-refractivity contribution is 7.54. The van der Waals surface area contributed by atoms with Crippen LogP contribution in [0.25, 0.3) is 0 Å². The molecule has 20 heavy (non-hydrogen) atoms. The van der Waals surface area contributed by atoms with Crippen LogP contribution in [0.4, 0.5) is 0 Å². The number of aromatic hydroxyl groups is 1. The maximum Gasteiger partial charge on any atom is 0.351 e. The minimum absolute atomic E-state index is 0.138. The number of hydrogen-bond acceptors (Lipinski definition) is 6. The normalized spacial score (nSPS) is 13.2. The molecule has 1 rings (SSSR count). The first kappa shape index (κ1) is 17.0. The van der Waals surface area contributed by atoms with Gasteiger partial charge in [-0.15, -0.1) is 0 Å². The molecular weight excluding hydrogens is 281 g/mol. The van der Waals surface area contributed by atoms with Crippen molar-refractivity contribution in [1.82, 2.24) is 0 Å². The monoisotopic (exact) mass is 303 g/mol. The molecule has 0 aromatic heterocycles. The Morgan fingerprint density at radius 3 is 2.30 bits per heavy atom. The molecule has 3 N–H and O–H groups in total. The number of rotatable bonds is 8. The third-order valence-electron chi connectivity index (χ3n) is 2.61. The molecule has 1 atom stereocenters. The molecule has 0 amide bonds. The van der Waals surface area contributed by atoms with Gasteiger partial charge in [0, 0.05) is 5.56 Å². The lowest BCUT2D eigenvalue weighted by Gasteiger charge is -2.24. The van der Waals surface area contributed by atoms with E-state index in [2.05, 4.69) is 0 Å². The fourth-order valence-corrected chi connectivity index (χ4v) is 3.44. The molecule has 1 aromatic carbocycles. The van der Waals surface area contributed by atoms with Gasteiger partial charge >= 0.3 is 7.60 Å². The Bertz CT molecular complexity index is 470. The van der Waals surface area contributed by atoms with E-state index in [4.69, 9.17) is 19.5 Å². The molecule has 1 aromatic rings. The lowest BCUT2D eigenvalue weighted by molar-refractivity contribution is 0.211. The van der Waals surface area contributed by atoms with Gasteiger partial charge in [-0.05, 0) is 26.8 Å². The molecule has 0 aliphatic carbocycles. The molecule has 0 aliphatic heterocycles. The summed E-state index contributed by atoms with van der Waals surface area (Å²) in [5.74, 6) is -0.913. The molecule has 0 spiro atoms. The molecule has 0 fully saturated rings. The number of phenolic OH excluding ortho intramolecular Hbond substituents is 1. The van der Waals surface area contributed by atoms with Crippen LogP contribution in [0.1, 0.15) is 32.1 Å². The Labute approximate surface area is 119 Å². The molecule has 7 heteroatoms. The maximum atomic E-state index is 12.6. The van der Waals surface area contributed by atoms with Crippen molar-refractivity contribution >= 4 is 7.60 Å². The molecule has 0 saturated heterocycles. The molecule has 6 nitrogen and oxygen atoms in total. The second kappa shape index (κ2) is 7.64. The summed E-state index contributed by atoms with van der Waals surface area (Å²) in [6, 6.07) is 4.86. The topological polar surface area (TPSA) is 91.0 Å². The van der Waals surface area contributed by atoms with E-state index in [0.717, 1.165) is 0 Å². The summed E-state index contributed by atoms with van der Waals surface area (Å²) in [5, 5.41) is 10.2. The van der Waals surface area contributed by atoms with Crippen LogP contribution in [-0.4, -0.2) is 24.9 Å². The molecule has 0 aliphatic rings. The van der Waals surface area contributed by atoms with Gasteiger partial charge in [-0.25, -0.2) is 0 Å². The van der Waals surface area contributed by atoms with E-state index in [1.54, 1.807) is 39.0 Å². The Balaban J connectivity index is 3.15. The zero-order chi connectivity index (χ0) is 15.2. The summed E-state index contributed by atoms with van der Waals surface area (Å²) >= 11 is 0. The van der Waals surface area contributed by atoms with Crippen molar-refractivity contribution in [2.24, 2.45) is 5.73 Å². The van der Waals surface area contributed by atoms with Gasteiger partial charge in [-0.2, -0.15) is 0 Å². The summed E-state index contributed by atoms with van der Waals surface area (Å²) in [7, 11) is -3.54. The van der Waals surface area contributed by atoms with Crippen molar-refractivity contribution in [3.63, 3.8) is 0 Å². The molecule has 0 radical (unpaired) electrons. The summed E-state index contributed by atoms with van der Waals surface area (Å²) < 4.78 is 28.3. The number of nitrogens with two attached hydrogens (primary N) is 1. The molecular formula is C13H22NO5P. The minimum Gasteiger partial charge on any atom is -0.504 e. The predicted molar refractivity (Wildman–Crippen MR) is 77.1 cm³/mol. The van der Waals surface area contributed by atoms with Gasteiger partial charge in [0.15, 0.2) is 11.5 Å². The molecule has 0 bridgehead atoms. The quantitative estimate of drug-likeness (QED) is 0.717. The minimum atomic E-state index is -3.54. The Kier molecular flexibility index (Phi) is 6.49. The van der Waals surface area contributed by atoms with Crippen LogP contribution in [0.5, 0.6) is 11.5 Å². The van der Waals surface area contributed by atoms with Gasteiger partial charge in [-0.3, -0.25) is 4.57 Å². The highest BCUT2D eigenvalue weighted by Gasteiger charge is 2.36. The number of benzene rings is 1. The van der Waals surface area contributed by atoms with Crippen molar-refractivity contribution in [3.8, 4) is 11.5 Å². The second-order valence-electron chi connectivity index (χ2n) is 3.95. The highest BCUT2D eigenvalue weighted by Crippen LogP contribution is 2.60. The van der Waals surface area contributed by atoms with E-state index < -0.39 is 13.4 Å². The first-order chi connectivity index (χ1) is 9.50. The predicted octanol–water partition coefficient (Wildman–Crippen LogP) is 3.01. The Morgan fingerprint density at radius 2 is 1.80 bits per heavy atom. The van der Waals surface area contributed by atoms with E-state index in [-0.39, 0.29) is 24.5 Å². The lowest BCUT2D eigenvalue weighted by atomic mass is 10.2. The van der Waals surface area contributed by atoms with Gasteiger partial charge in [0.1, 0.15) is 5.78 Å². The Morgan fingerprint density at radius 1 is 1.20 bits per heavy atom. The number of ether oxygens (including phenoxy) is 1. The van der Waals surface area contributed by atoms with Crippen molar-refractivity contribution in [1.29, 1.82) is 0 Å². The molecule has 114 valence electrons. The summed E-state index contributed by atoms with van der Waals surface area (Å²) in [6.45, 7) is 6.02. The van der Waals surface area contributed by atoms with Gasteiger partial charge in [0.25, 0.3) is 0 Å². The van der Waals surface area contributed by atoms with Gasteiger partial charge in [-0.1, -0.05) is 12.1 Å². The van der Waals surface area contributed by atoms with E-state index in [1.165, 1.54) is 0 Å². The van der Waals surface area contributed by atoms with Crippen LogP contribution in [-0.2, 0) is 13.6 Å². The Hall–Kier alpha value is -1.07. The highest BCUT2D eigenvalue weighted by atomic mass is 31.2. The van der Waals surface area contributed by atoms with Crippen LogP contribution in [0.3, 0.4) is 0 Å². The third kappa shape index (κ3) is 3.73. The summed E-state index contributed by atoms with van der Waals surface area (Å²) in [4.78, 5) is 0. The average molecular weight is 303 g/mol. The fraction of sp³-hybridized carbons (Fsp3) is 0.538. The van der Waals surface area contributed by atoms with E-state index in [9.17, 15) is 9.67 Å². The molecule has 0 unspecified atom stereocenters. The maximum absolute atomic E-state index is 12.6. The van der Waals surface area contributed by atoms with Crippen molar-refractivity contribution < 1.29 is 23.5 Å². The third-order valence-corrected chi connectivity index (χ3v) is 4.80. The smallest absolute Gasteiger partial charge is 0.351 e. The van der Waals surface area contributed by atoms with Crippen molar-refractivity contribution in [2.45, 2.75) is 26.6 Å². The number of phenols is 1. The zero-order valence-corrected chi connectivity index (χ0v) is 12.9. The van der Waals surface area contributed by atoms with Crippen LogP contribution in [0.2, 0.25) is 0 Å². The van der Waals surface area contributed by atoms with E-state index in [1.807, 2.05) is 0 Å². The van der Waals surface area contributed by atoms with Gasteiger partial charge in [0.2, 0.25) is 0 Å². The second-order valence-corrected chi connectivity index (χ2v) is 6.10. The SMILES string of the molecule is CCOc1cccc([C@H](N)P(=O)(OCC)OCC)c1O. The summed E-state index contributed by atoms with van der Waals surface area (Å²) in [5.41, 5.74) is 6.26. The van der Waals surface area contributed by atoms with E-state index in [0.29, 0.717) is 12.4 Å². The van der Waals surface area contributed by atoms with Crippen LogP contribution in [0, 0.1) is 0 Å². The summed E-state index contributed by atoms with van der Waals surface area (Å²) in [6.07, 6.45) is 0. The number of hydrogen-bond donors (Lipinski definition) is 2. The average Bonchev–Trinajstić information content (AvgIpc) is 2.41. The van der Waals surface area contributed by atoms with Gasteiger partial charge < -0.3 is 24.6 Å². The first-order valence-electron chi connectivity index (χ1n) is 6.59. The van der Waals surface area contributed by atoms with Gasteiger partial charge in [0.05, 0.1) is 19.8 Å². The molecule has 0 heterocycles. The van der Waals surface area contributed by atoms with E-state index >= 15 is 0 Å². The number of para-hydroxylation sites is 1. The zero-order valence-electron chi connectivity index (χ0n) is 12.0. The first-order valence-corrected chi connectivity index (χ1v) is 8.20. The molecule has 0 saturated carbocycles. The van der Waals surface area contributed by atoms with Crippen molar-refractivity contribution in [2.75, 3.05) is 19.8 Å². The standard InChI is InChI=1S/C13H22NO5P/c1-4-17-11-9-7-8-10(12(11)15)13(14)20(16,18-5-2)19-6-3/h7-9,13,15H,4-6,14H2,1-3H3/t13-/m1/s1. The fourth-order valence-electron chi connectivity index (χ4n) is 1.78. The van der Waals surface area contributed by atoms with Crippen molar-refractivity contribution in [3.05, 3.63) is 23.8 Å². The largest absolute Gasteiger partial charge is 0.504 e. The lowest BCUT2D eigenvalue weighted by Crippen LogP contribution is -2.15. The van der Waals surface area contributed by atoms with Crippen LogP contribution >= 0.6 is 7.60 Å².